The van der Waals surface area contributed by atoms with Crippen molar-refractivity contribution in [2.24, 2.45) is 5.92 Å². The molecule has 0 saturated heterocycles. The Kier molecular flexibility index (Phi) is 6.87. The van der Waals surface area contributed by atoms with Crippen LogP contribution in [-0.2, 0) is 21.7 Å². The molecule has 276 valence electrons. The number of hydrogen-bond donors (Lipinski definition) is 0. The molecule has 0 spiro atoms. The van der Waals surface area contributed by atoms with Crippen molar-refractivity contribution in [3.8, 4) is 11.1 Å². The molecule has 0 bridgehead atoms. The third-order valence-electron chi connectivity index (χ3n) is 15.6. The van der Waals surface area contributed by atoms with Gasteiger partial charge in [-0.3, -0.25) is 4.49 Å². The highest BCUT2D eigenvalue weighted by Gasteiger charge is 2.66. The van der Waals surface area contributed by atoms with Crippen molar-refractivity contribution >= 4 is 40.9 Å². The minimum atomic E-state index is 0.127. The van der Waals surface area contributed by atoms with Crippen molar-refractivity contribution in [3.05, 3.63) is 135 Å². The predicted octanol–water partition coefficient (Wildman–Crippen LogP) is 11.9. The number of benzene rings is 5. The van der Waals surface area contributed by atoms with Gasteiger partial charge in [0.1, 0.15) is 0 Å². The van der Waals surface area contributed by atoms with E-state index in [1.165, 1.54) is 85.5 Å². The lowest BCUT2D eigenvalue weighted by Gasteiger charge is -2.43. The van der Waals surface area contributed by atoms with Gasteiger partial charge in [-0.1, -0.05) is 128 Å². The van der Waals surface area contributed by atoms with E-state index in [4.69, 9.17) is 0 Å². The third kappa shape index (κ3) is 4.66. The van der Waals surface area contributed by atoms with Crippen LogP contribution in [0.5, 0.6) is 0 Å². The van der Waals surface area contributed by atoms with Crippen molar-refractivity contribution in [2.75, 3.05) is 0 Å². The molecular formula is C52H55BNS+. The van der Waals surface area contributed by atoms with Crippen LogP contribution >= 0.6 is 11.8 Å². The fourth-order valence-electron chi connectivity index (χ4n) is 12.1. The fraction of sp³-hybridized carbons (Fsp3) is 0.404. The van der Waals surface area contributed by atoms with Gasteiger partial charge in [0.2, 0.25) is 0 Å². The molecule has 1 fully saturated rings. The quantitative estimate of drug-likeness (QED) is 0.163. The second-order valence-corrected chi connectivity index (χ2v) is 22.0. The summed E-state index contributed by atoms with van der Waals surface area (Å²) in [4.78, 5) is 2.90. The van der Waals surface area contributed by atoms with Crippen molar-refractivity contribution in [1.29, 1.82) is 0 Å². The number of nitrogens with zero attached hydrogens (tertiary/aromatic N) is 1. The van der Waals surface area contributed by atoms with Crippen LogP contribution in [0.15, 0.2) is 94.7 Å². The average Bonchev–Trinajstić information content (AvgIpc) is 3.89. The van der Waals surface area contributed by atoms with Gasteiger partial charge in [0, 0.05) is 43.7 Å². The first kappa shape index (κ1) is 34.4. The zero-order valence-corrected chi connectivity index (χ0v) is 35.4. The minimum Gasteiger partial charge on any atom is -0.271 e. The van der Waals surface area contributed by atoms with Crippen LogP contribution in [0.25, 0.3) is 11.1 Å². The van der Waals surface area contributed by atoms with Gasteiger partial charge >= 0.3 is 6.85 Å². The van der Waals surface area contributed by atoms with E-state index in [-0.39, 0.29) is 28.5 Å². The van der Waals surface area contributed by atoms with Gasteiger partial charge in [0.15, 0.2) is 11.4 Å². The van der Waals surface area contributed by atoms with E-state index in [1.54, 1.807) is 33.5 Å². The lowest BCUT2D eigenvalue weighted by atomic mass is 9.45. The lowest BCUT2D eigenvalue weighted by Crippen LogP contribution is -2.59. The summed E-state index contributed by atoms with van der Waals surface area (Å²) in [6.45, 7) is 24.6. The van der Waals surface area contributed by atoms with E-state index < -0.39 is 0 Å². The monoisotopic (exact) mass is 736 g/mol. The highest BCUT2D eigenvalue weighted by Crippen LogP contribution is 2.67. The van der Waals surface area contributed by atoms with Crippen LogP contribution < -0.4 is 10.9 Å². The molecule has 3 aliphatic carbocycles. The Hall–Kier alpha value is -3.82. The number of para-hydroxylation sites is 1. The van der Waals surface area contributed by atoms with Gasteiger partial charge in [0.05, 0.1) is 11.5 Å². The SMILES string of the molecule is Cc1cc2c3c(c1)-c1cccc4c1[N+](=C(c1ccccc1C)C1C(c5ccc6c(c5)C(C)(C)CCC6(C)C)C41)B3c1cc3c(cc1S2)C(C)(C)CCC3(C)C. The minimum absolute atomic E-state index is 0.127. The summed E-state index contributed by atoms with van der Waals surface area (Å²) in [5, 5.41) is 0. The number of rotatable bonds is 2. The van der Waals surface area contributed by atoms with E-state index in [0.717, 1.165) is 0 Å². The Labute approximate surface area is 334 Å². The van der Waals surface area contributed by atoms with Crippen molar-refractivity contribution in [1.82, 2.24) is 0 Å². The van der Waals surface area contributed by atoms with Gasteiger partial charge in [0.25, 0.3) is 0 Å². The van der Waals surface area contributed by atoms with E-state index in [9.17, 15) is 0 Å². The Balaban J connectivity index is 1.22. The molecular weight excluding hydrogens is 681 g/mol. The Morgan fingerprint density at radius 3 is 1.91 bits per heavy atom. The van der Waals surface area contributed by atoms with Gasteiger partial charge in [-0.15, -0.1) is 0 Å². The summed E-state index contributed by atoms with van der Waals surface area (Å²) in [7, 11) is 0. The highest BCUT2D eigenvalue weighted by molar-refractivity contribution is 8.00. The lowest BCUT2D eigenvalue weighted by molar-refractivity contribution is -0.286. The fourth-order valence-corrected chi connectivity index (χ4v) is 13.4. The second-order valence-electron chi connectivity index (χ2n) is 20.9. The summed E-state index contributed by atoms with van der Waals surface area (Å²) in [6, 6.07) is 34.7. The summed E-state index contributed by atoms with van der Waals surface area (Å²) in [5.74, 6) is 1.33. The normalized spacial score (nSPS) is 24.8. The highest BCUT2D eigenvalue weighted by atomic mass is 32.2. The van der Waals surface area contributed by atoms with Crippen molar-refractivity contribution in [2.45, 2.75) is 138 Å². The molecule has 55 heavy (non-hydrogen) atoms. The Morgan fingerprint density at radius 1 is 0.564 bits per heavy atom. The maximum Gasteiger partial charge on any atom is 0.562 e. The summed E-state index contributed by atoms with van der Waals surface area (Å²) < 4.78 is 2.91. The smallest absolute Gasteiger partial charge is 0.271 e. The van der Waals surface area contributed by atoms with Crippen LogP contribution in [0, 0.1) is 19.8 Å². The molecule has 3 unspecified atom stereocenters. The molecule has 1 nitrogen and oxygen atoms in total. The van der Waals surface area contributed by atoms with E-state index in [1.807, 2.05) is 11.8 Å². The first-order valence-corrected chi connectivity index (χ1v) is 21.9. The number of fused-ring (bicyclic) bond motifs is 8. The largest absolute Gasteiger partial charge is 0.562 e. The van der Waals surface area contributed by atoms with Crippen LogP contribution in [0.2, 0.25) is 0 Å². The van der Waals surface area contributed by atoms with Crippen LogP contribution in [0.4, 0.5) is 5.69 Å². The van der Waals surface area contributed by atoms with E-state index >= 15 is 0 Å². The maximum atomic E-state index is 2.91. The topological polar surface area (TPSA) is 3.01 Å². The Bertz CT molecular complexity index is 2580. The average molecular weight is 737 g/mol. The number of hydrogen-bond acceptors (Lipinski definition) is 1. The predicted molar refractivity (Wildman–Crippen MR) is 233 cm³/mol. The second kappa shape index (κ2) is 11.0. The van der Waals surface area contributed by atoms with Crippen LogP contribution in [0.1, 0.15) is 143 Å². The van der Waals surface area contributed by atoms with Gasteiger partial charge < -0.3 is 0 Å². The van der Waals surface area contributed by atoms with Crippen LogP contribution in [0.3, 0.4) is 0 Å². The zero-order valence-electron chi connectivity index (χ0n) is 34.6. The molecule has 0 amide bonds. The maximum absolute atomic E-state index is 2.91. The molecule has 11 rings (SSSR count). The molecule has 0 N–H and O–H groups in total. The standard InChI is InChI=1S/C52H55BNS/c1-29-24-35-33-16-13-17-34-44-43(31-18-19-36-37(26-31)50(5,6)21-20-49(36,3)4)45(44)48(32-15-12-11-14-30(32)2)54(47(33)34)53-40-27-38-39(52(9,10)23-22-51(38,7)8)28-41(40)55-42(25-29)46(35)53/h11-19,24-28,43-45H,20-23H2,1-10H3/q+1. The summed E-state index contributed by atoms with van der Waals surface area (Å²) in [6.07, 6.45) is 4.95. The zero-order chi connectivity index (χ0) is 38.1. The van der Waals surface area contributed by atoms with Gasteiger partial charge in [-0.05, 0) is 130 Å². The van der Waals surface area contributed by atoms with E-state index in [0.29, 0.717) is 17.8 Å². The summed E-state index contributed by atoms with van der Waals surface area (Å²) >= 11 is 2.03. The van der Waals surface area contributed by atoms with Crippen LogP contribution in [-0.4, -0.2) is 17.0 Å². The molecule has 3 aliphatic heterocycles. The van der Waals surface area contributed by atoms with Crippen molar-refractivity contribution in [3.63, 3.8) is 0 Å². The summed E-state index contributed by atoms with van der Waals surface area (Å²) in [5.41, 5.74) is 23.1. The van der Waals surface area contributed by atoms with Gasteiger partial charge in [-0.25, -0.2) is 0 Å². The third-order valence-corrected chi connectivity index (χ3v) is 16.7. The molecule has 3 heterocycles. The Morgan fingerprint density at radius 2 is 1.20 bits per heavy atom. The molecule has 1 saturated carbocycles. The first-order valence-electron chi connectivity index (χ1n) is 21.1. The van der Waals surface area contributed by atoms with E-state index in [2.05, 4.69) is 159 Å². The first-order chi connectivity index (χ1) is 26.1. The molecule has 0 radical (unpaired) electrons. The van der Waals surface area contributed by atoms with Gasteiger partial charge in [-0.2, -0.15) is 0 Å². The number of aryl methyl sites for hydroxylation is 2. The molecule has 5 aromatic rings. The molecule has 3 heteroatoms. The molecule has 3 atom stereocenters. The van der Waals surface area contributed by atoms with Crippen molar-refractivity contribution < 1.29 is 4.49 Å². The molecule has 0 aromatic heterocycles. The molecule has 6 aliphatic rings. The molecule has 5 aromatic carbocycles.